The van der Waals surface area contributed by atoms with Gasteiger partial charge in [0.1, 0.15) is 5.82 Å². The van der Waals surface area contributed by atoms with Crippen molar-refractivity contribution >= 4 is 0 Å². The lowest BCUT2D eigenvalue weighted by Crippen LogP contribution is -2.03. The molecule has 2 aromatic carbocycles. The van der Waals surface area contributed by atoms with Crippen LogP contribution in [0.5, 0.6) is 0 Å². The predicted octanol–water partition coefficient (Wildman–Crippen LogP) is 4.68. The minimum absolute atomic E-state index is 0.0679. The van der Waals surface area contributed by atoms with E-state index in [-0.39, 0.29) is 5.56 Å². The molecule has 2 nitrogen and oxygen atoms in total. The van der Waals surface area contributed by atoms with Crippen molar-refractivity contribution in [3.8, 4) is 22.5 Å². The third-order valence-electron chi connectivity index (χ3n) is 3.46. The van der Waals surface area contributed by atoms with Gasteiger partial charge in [-0.05, 0) is 6.92 Å². The first-order valence-corrected chi connectivity index (χ1v) is 6.71. The highest BCUT2D eigenvalue weighted by molar-refractivity contribution is 5.66. The topological polar surface area (TPSA) is 25.8 Å². The van der Waals surface area contributed by atoms with Gasteiger partial charge in [0.05, 0.1) is 5.56 Å². The lowest BCUT2D eigenvalue weighted by molar-refractivity contribution is 0.431. The fraction of sp³-hybridized carbons (Fsp3) is 0.0588. The Labute approximate surface area is 129 Å². The van der Waals surface area contributed by atoms with Crippen molar-refractivity contribution in [2.45, 2.75) is 6.92 Å². The van der Waals surface area contributed by atoms with Crippen molar-refractivity contribution in [1.82, 2.24) is 9.97 Å². The van der Waals surface area contributed by atoms with Crippen LogP contribution in [0.2, 0.25) is 0 Å². The molecule has 0 fully saturated rings. The van der Waals surface area contributed by atoms with Gasteiger partial charge in [-0.15, -0.1) is 0 Å². The molecule has 116 valence electrons. The Bertz CT molecular complexity index is 833. The molecule has 1 aromatic heterocycles. The molecule has 1 heterocycles. The molecule has 0 N–H and O–H groups in total. The van der Waals surface area contributed by atoms with E-state index < -0.39 is 34.4 Å². The number of rotatable bonds is 2. The van der Waals surface area contributed by atoms with E-state index in [4.69, 9.17) is 0 Å². The maximum absolute atomic E-state index is 14.1. The average molecular weight is 318 g/mol. The second-order valence-corrected chi connectivity index (χ2v) is 4.92. The van der Waals surface area contributed by atoms with Gasteiger partial charge in [-0.25, -0.2) is 27.5 Å². The molecule has 3 aromatic rings. The highest BCUT2D eigenvalue weighted by Gasteiger charge is 2.24. The first-order chi connectivity index (χ1) is 11.0. The number of benzene rings is 2. The summed E-state index contributed by atoms with van der Waals surface area (Å²) in [6.45, 7) is 1.04. The van der Waals surface area contributed by atoms with E-state index in [0.717, 1.165) is 12.5 Å². The molecule has 0 amide bonds. The molecule has 0 saturated carbocycles. The van der Waals surface area contributed by atoms with E-state index in [1.54, 1.807) is 24.3 Å². The van der Waals surface area contributed by atoms with Crippen molar-refractivity contribution in [2.24, 2.45) is 0 Å². The van der Waals surface area contributed by atoms with E-state index in [1.807, 2.05) is 6.07 Å². The van der Waals surface area contributed by atoms with Gasteiger partial charge in [-0.1, -0.05) is 30.3 Å². The van der Waals surface area contributed by atoms with Gasteiger partial charge in [0.15, 0.2) is 23.3 Å². The number of halogens is 4. The van der Waals surface area contributed by atoms with E-state index >= 15 is 0 Å². The smallest absolute Gasteiger partial charge is 0.195 e. The Balaban J connectivity index is 2.11. The molecule has 6 heteroatoms. The Hall–Kier alpha value is -2.76. The highest BCUT2D eigenvalue weighted by Crippen LogP contribution is 2.31. The van der Waals surface area contributed by atoms with Crippen LogP contribution in [0.4, 0.5) is 17.6 Å². The summed E-state index contributed by atoms with van der Waals surface area (Å²) in [5.41, 5.74) is -0.616. The molecule has 3 rings (SSSR count). The molecule has 0 aliphatic rings. The SMILES string of the molecule is Cc1c(F)c(F)c(F)c(-c2cnc(-c3ccccc3)nc2)c1F. The normalized spacial score (nSPS) is 10.8. The maximum atomic E-state index is 14.1. The van der Waals surface area contributed by atoms with Gasteiger partial charge in [-0.2, -0.15) is 0 Å². The van der Waals surface area contributed by atoms with Gasteiger partial charge in [0.2, 0.25) is 0 Å². The molecule has 0 unspecified atom stereocenters. The maximum Gasteiger partial charge on any atom is 0.195 e. The molecule has 0 bridgehead atoms. The zero-order valence-corrected chi connectivity index (χ0v) is 11.9. The highest BCUT2D eigenvalue weighted by atomic mass is 19.2. The minimum Gasteiger partial charge on any atom is -0.236 e. The second-order valence-electron chi connectivity index (χ2n) is 4.92. The molecule has 0 aliphatic heterocycles. The third-order valence-corrected chi connectivity index (χ3v) is 3.46. The van der Waals surface area contributed by atoms with Crippen molar-refractivity contribution in [3.05, 3.63) is 71.6 Å². The van der Waals surface area contributed by atoms with Crippen LogP contribution in [-0.2, 0) is 0 Å². The predicted molar refractivity (Wildman–Crippen MR) is 77.5 cm³/mol. The van der Waals surface area contributed by atoms with Crippen LogP contribution in [0, 0.1) is 30.2 Å². The first kappa shape index (κ1) is 15.1. The Kier molecular flexibility index (Phi) is 3.82. The van der Waals surface area contributed by atoms with E-state index in [9.17, 15) is 17.6 Å². The van der Waals surface area contributed by atoms with Gasteiger partial charge >= 0.3 is 0 Å². The molecule has 0 atom stereocenters. The van der Waals surface area contributed by atoms with Crippen LogP contribution in [0.15, 0.2) is 42.7 Å². The minimum atomic E-state index is -1.72. The lowest BCUT2D eigenvalue weighted by atomic mass is 10.0. The lowest BCUT2D eigenvalue weighted by Gasteiger charge is -2.10. The molecule has 0 saturated heterocycles. The van der Waals surface area contributed by atoms with Crippen molar-refractivity contribution in [3.63, 3.8) is 0 Å². The van der Waals surface area contributed by atoms with E-state index in [0.29, 0.717) is 5.82 Å². The monoisotopic (exact) mass is 318 g/mol. The van der Waals surface area contributed by atoms with Crippen molar-refractivity contribution in [1.29, 1.82) is 0 Å². The van der Waals surface area contributed by atoms with Crippen molar-refractivity contribution in [2.75, 3.05) is 0 Å². The Morgan fingerprint density at radius 2 is 1.30 bits per heavy atom. The zero-order valence-electron chi connectivity index (χ0n) is 11.9. The van der Waals surface area contributed by atoms with Crippen molar-refractivity contribution < 1.29 is 17.6 Å². The fourth-order valence-electron chi connectivity index (χ4n) is 2.20. The molecule has 0 spiro atoms. The quantitative estimate of drug-likeness (QED) is 0.390. The Morgan fingerprint density at radius 1 is 0.696 bits per heavy atom. The number of hydrogen-bond donors (Lipinski definition) is 0. The molecule has 0 aliphatic carbocycles. The van der Waals surface area contributed by atoms with Gasteiger partial charge in [0.25, 0.3) is 0 Å². The number of aromatic nitrogens is 2. The summed E-state index contributed by atoms with van der Waals surface area (Å²) in [6, 6.07) is 8.97. The summed E-state index contributed by atoms with van der Waals surface area (Å²) in [4.78, 5) is 8.06. The van der Waals surface area contributed by atoms with E-state index in [2.05, 4.69) is 9.97 Å². The van der Waals surface area contributed by atoms with Crippen LogP contribution >= 0.6 is 0 Å². The summed E-state index contributed by atoms with van der Waals surface area (Å²) in [7, 11) is 0. The summed E-state index contributed by atoms with van der Waals surface area (Å²) in [5, 5.41) is 0. The van der Waals surface area contributed by atoms with Crippen LogP contribution in [0.3, 0.4) is 0 Å². The van der Waals surface area contributed by atoms with E-state index in [1.165, 1.54) is 12.4 Å². The largest absolute Gasteiger partial charge is 0.236 e. The summed E-state index contributed by atoms with van der Waals surface area (Å²) >= 11 is 0. The third kappa shape index (κ3) is 2.56. The Morgan fingerprint density at radius 3 is 1.91 bits per heavy atom. The molecule has 0 radical (unpaired) electrons. The molecular formula is C17H10F4N2. The summed E-state index contributed by atoms with van der Waals surface area (Å²) in [5.74, 6) is -5.66. The first-order valence-electron chi connectivity index (χ1n) is 6.71. The summed E-state index contributed by atoms with van der Waals surface area (Å²) in [6.07, 6.45) is 2.35. The summed E-state index contributed by atoms with van der Waals surface area (Å²) < 4.78 is 54.9. The number of hydrogen-bond acceptors (Lipinski definition) is 2. The molecule has 23 heavy (non-hydrogen) atoms. The number of nitrogens with zero attached hydrogens (tertiary/aromatic N) is 2. The average Bonchev–Trinajstić information content (AvgIpc) is 2.60. The fourth-order valence-corrected chi connectivity index (χ4v) is 2.20. The molecular weight excluding hydrogens is 308 g/mol. The second kappa shape index (κ2) is 5.79. The van der Waals surface area contributed by atoms with Crippen LogP contribution < -0.4 is 0 Å². The zero-order chi connectivity index (χ0) is 16.6. The van der Waals surface area contributed by atoms with Gasteiger partial charge < -0.3 is 0 Å². The van der Waals surface area contributed by atoms with Crippen LogP contribution in [-0.4, -0.2) is 9.97 Å². The van der Waals surface area contributed by atoms with Gasteiger partial charge in [-0.3, -0.25) is 0 Å². The van der Waals surface area contributed by atoms with Crippen LogP contribution in [0.1, 0.15) is 5.56 Å². The van der Waals surface area contributed by atoms with Gasteiger partial charge in [0, 0.05) is 29.1 Å². The van der Waals surface area contributed by atoms with Crippen LogP contribution in [0.25, 0.3) is 22.5 Å². The standard InChI is InChI=1S/C17H10F4N2/c1-9-13(18)12(15(20)16(21)14(9)19)11-7-22-17(23-8-11)10-5-3-2-4-6-10/h2-8H,1H3.